The molecule has 0 radical (unpaired) electrons. The van der Waals surface area contributed by atoms with Crippen LogP contribution >= 0.6 is 0 Å². The maximum Gasteiger partial charge on any atom is 0.248 e. The predicted molar refractivity (Wildman–Crippen MR) is 336 cm³/mol. The Morgan fingerprint density at radius 2 is 0.787 bits per heavy atom. The van der Waals surface area contributed by atoms with E-state index in [1.165, 1.54) is 117 Å². The van der Waals surface area contributed by atoms with Gasteiger partial charge in [-0.15, -0.1) is 0 Å². The lowest BCUT2D eigenvalue weighted by molar-refractivity contribution is 0.666. The zero-order chi connectivity index (χ0) is 52.8. The molecular weight excluding hydrogens is 966 g/mol. The van der Waals surface area contributed by atoms with Crippen LogP contribution in [0.5, 0.6) is 0 Å². The maximum atomic E-state index is 2.61. The topological polar surface area (TPSA) is 13.0 Å². The van der Waals surface area contributed by atoms with Crippen LogP contribution in [0.25, 0.3) is 22.5 Å². The number of fused-ring (bicyclic) bond motifs is 10. The van der Waals surface area contributed by atoms with Crippen LogP contribution in [0.1, 0.15) is 47.6 Å². The Labute approximate surface area is 468 Å². The van der Waals surface area contributed by atoms with Gasteiger partial charge >= 0.3 is 0 Å². The highest BCUT2D eigenvalue weighted by Gasteiger charge is 2.54. The summed E-state index contributed by atoms with van der Waals surface area (Å²) in [6, 6.07) is 102. The van der Waals surface area contributed by atoms with Gasteiger partial charge in [-0.05, 0) is 135 Å². The van der Waals surface area contributed by atoms with Gasteiger partial charge in [0.2, 0.25) is 13.4 Å². The molecule has 0 saturated heterocycles. The van der Waals surface area contributed by atoms with Crippen molar-refractivity contribution in [1.82, 2.24) is 0 Å². The number of hydrogen-bond acceptors (Lipinski definition) is 4. The van der Waals surface area contributed by atoms with Gasteiger partial charge in [-0.3, -0.25) is 0 Å². The van der Waals surface area contributed by atoms with Crippen LogP contribution in [0.4, 0.5) is 56.9 Å². The second-order valence-corrected chi connectivity index (χ2v) is 22.7. The van der Waals surface area contributed by atoms with Crippen molar-refractivity contribution < 1.29 is 0 Å². The molecule has 0 N–H and O–H groups in total. The first-order chi connectivity index (χ1) is 39.5. The summed E-state index contributed by atoms with van der Waals surface area (Å²) in [5, 5.41) is 0. The number of rotatable bonds is 6. The average molecular weight is 1020 g/mol. The molecule has 4 heterocycles. The van der Waals surface area contributed by atoms with E-state index in [9.17, 15) is 0 Å². The quantitative estimate of drug-likeness (QED) is 0.154. The van der Waals surface area contributed by atoms with Gasteiger partial charge in [0.05, 0.1) is 0 Å². The minimum Gasteiger partial charge on any atom is -0.311 e. The normalized spacial score (nSPS) is 16.4. The van der Waals surface area contributed by atoms with Crippen molar-refractivity contribution in [2.75, 3.05) is 19.6 Å². The Bertz CT molecular complexity index is 4440. The van der Waals surface area contributed by atoms with E-state index in [0.29, 0.717) is 0 Å². The molecule has 0 spiro atoms. The highest BCUT2D eigenvalue weighted by molar-refractivity contribution is 6.97. The van der Waals surface area contributed by atoms with Crippen molar-refractivity contribution in [3.63, 3.8) is 0 Å². The zero-order valence-corrected chi connectivity index (χ0v) is 44.5. The van der Waals surface area contributed by atoms with Gasteiger partial charge in [-0.2, -0.15) is 0 Å². The molecule has 6 heteroatoms. The fraction of sp³-hybridized carbons (Fsp3) is 0.0541. The molecule has 374 valence electrons. The van der Waals surface area contributed by atoms with Crippen LogP contribution in [0.3, 0.4) is 0 Å². The molecule has 0 fully saturated rings. The van der Waals surface area contributed by atoms with Crippen LogP contribution in [-0.2, 0) is 5.41 Å². The van der Waals surface area contributed by atoms with E-state index in [-0.39, 0.29) is 24.8 Å². The highest BCUT2D eigenvalue weighted by atomic mass is 15.2. The summed E-state index contributed by atoms with van der Waals surface area (Å²) >= 11 is 0. The first kappa shape index (κ1) is 45.3. The first-order valence-electron chi connectivity index (χ1n) is 28.2. The Morgan fingerprint density at radius 3 is 1.43 bits per heavy atom. The van der Waals surface area contributed by atoms with Crippen molar-refractivity contribution in [2.45, 2.75) is 25.2 Å². The van der Waals surface area contributed by atoms with Crippen LogP contribution in [-0.4, -0.2) is 13.4 Å². The third-order valence-corrected chi connectivity index (χ3v) is 18.3. The third kappa shape index (κ3) is 6.24. The SMILES string of the molecule is CC1(C)C2=C(c3ccccc31)N(c1ccccc1)c1cc(-c3cccc(C4C5=C(c6ccccc64)N(c4ccccc4)c4cccc6c4B5c4ccccc4N6c4ccccc4)c3)cc3c1B2c1ccccc1N3c1ccccc1. The van der Waals surface area contributed by atoms with E-state index in [1.807, 2.05) is 0 Å². The number of benzene rings is 11. The van der Waals surface area contributed by atoms with Gasteiger partial charge in [-0.25, -0.2) is 0 Å². The summed E-state index contributed by atoms with van der Waals surface area (Å²) in [5.41, 5.74) is 31.4. The summed E-state index contributed by atoms with van der Waals surface area (Å²) in [6.07, 6.45) is 0. The van der Waals surface area contributed by atoms with Crippen molar-refractivity contribution in [3.8, 4) is 11.1 Å². The minimum absolute atomic E-state index is 0.0153. The van der Waals surface area contributed by atoms with Gasteiger partial charge in [0.1, 0.15) is 0 Å². The molecule has 0 amide bonds. The van der Waals surface area contributed by atoms with E-state index in [4.69, 9.17) is 0 Å². The molecule has 1 unspecified atom stereocenters. The standard InChI is InChI=1S/C74H52B2N4/c1-74(2)58-38-18-17-37-57(58)72-73(74)76-60-40-20-22-42-62(60)78(52-29-9-4-10-30-52)65-46-50(47-66(69(65)76)80(72)54-33-13-6-14-34-54)48-25-23-26-49(45-48)67-55-35-15-16-36-56(55)71-70(67)75-59-39-19-21-41-61(59)77(51-27-7-3-8-28-51)63-43-24-44-64(68(63)75)79(71)53-31-11-5-12-32-53/h3-47,67H,1-2H3. The summed E-state index contributed by atoms with van der Waals surface area (Å²) in [5.74, 6) is -0.0475. The van der Waals surface area contributed by atoms with E-state index in [1.54, 1.807) is 0 Å². The molecule has 11 aromatic carbocycles. The molecule has 0 bridgehead atoms. The largest absolute Gasteiger partial charge is 0.311 e. The Balaban J connectivity index is 0.918. The molecule has 4 nitrogen and oxygen atoms in total. The molecular formula is C74H52B2N4. The molecule has 17 rings (SSSR count). The predicted octanol–water partition coefficient (Wildman–Crippen LogP) is 15.8. The van der Waals surface area contributed by atoms with E-state index < -0.39 is 0 Å². The summed E-state index contributed by atoms with van der Waals surface area (Å²) < 4.78 is 0. The number of hydrogen-bond donors (Lipinski definition) is 0. The highest BCUT2D eigenvalue weighted by Crippen LogP contribution is 2.58. The monoisotopic (exact) mass is 1020 g/mol. The molecule has 1 atom stereocenters. The smallest absolute Gasteiger partial charge is 0.248 e. The first-order valence-corrected chi connectivity index (χ1v) is 28.2. The van der Waals surface area contributed by atoms with Crippen LogP contribution < -0.4 is 41.5 Å². The third-order valence-electron chi connectivity index (χ3n) is 18.3. The summed E-state index contributed by atoms with van der Waals surface area (Å²) in [7, 11) is 0. The molecule has 2 aliphatic carbocycles. The van der Waals surface area contributed by atoms with Gasteiger partial charge < -0.3 is 19.6 Å². The van der Waals surface area contributed by atoms with Crippen molar-refractivity contribution >= 4 is 104 Å². The lowest BCUT2D eigenvalue weighted by Gasteiger charge is -2.46. The molecule has 0 saturated carbocycles. The fourth-order valence-electron chi connectivity index (χ4n) is 15.2. The molecule has 4 aliphatic heterocycles. The van der Waals surface area contributed by atoms with Crippen molar-refractivity contribution in [1.29, 1.82) is 0 Å². The Morgan fingerprint density at radius 1 is 0.338 bits per heavy atom. The van der Waals surface area contributed by atoms with Crippen molar-refractivity contribution in [3.05, 3.63) is 312 Å². The average Bonchev–Trinajstić information content (AvgIpc) is 4.20. The van der Waals surface area contributed by atoms with E-state index in [0.717, 1.165) is 22.7 Å². The van der Waals surface area contributed by atoms with Crippen LogP contribution in [0.2, 0.25) is 0 Å². The summed E-state index contributed by atoms with van der Waals surface area (Å²) in [4.78, 5) is 10.2. The van der Waals surface area contributed by atoms with Crippen LogP contribution in [0, 0.1) is 0 Å². The number of anilines is 10. The zero-order valence-electron chi connectivity index (χ0n) is 44.5. The van der Waals surface area contributed by atoms with Gasteiger partial charge in [-0.1, -0.05) is 213 Å². The second-order valence-electron chi connectivity index (χ2n) is 22.7. The molecule has 80 heavy (non-hydrogen) atoms. The maximum absolute atomic E-state index is 2.61. The number of para-hydroxylation sites is 6. The minimum atomic E-state index is -0.242. The van der Waals surface area contributed by atoms with E-state index in [2.05, 4.69) is 306 Å². The molecule has 11 aromatic rings. The van der Waals surface area contributed by atoms with Gasteiger partial charge in [0.15, 0.2) is 0 Å². The van der Waals surface area contributed by atoms with Gasteiger partial charge in [0, 0.05) is 90.7 Å². The van der Waals surface area contributed by atoms with E-state index >= 15 is 0 Å². The molecule has 0 aromatic heterocycles. The molecule has 6 aliphatic rings. The van der Waals surface area contributed by atoms with Crippen molar-refractivity contribution in [2.24, 2.45) is 0 Å². The number of nitrogens with zero attached hydrogens (tertiary/aromatic N) is 4. The summed E-state index contributed by atoms with van der Waals surface area (Å²) in [6.45, 7) is 4.91. The van der Waals surface area contributed by atoms with Crippen LogP contribution in [0.15, 0.2) is 284 Å². The van der Waals surface area contributed by atoms with Gasteiger partial charge in [0.25, 0.3) is 0 Å². The number of allylic oxidation sites excluding steroid dienone is 2. The fourth-order valence-corrected chi connectivity index (χ4v) is 15.2. The lowest BCUT2D eigenvalue weighted by atomic mass is 9.30. The lowest BCUT2D eigenvalue weighted by Crippen LogP contribution is -2.57. The Kier molecular flexibility index (Phi) is 9.68. The Hall–Kier alpha value is -9.77. The second kappa shape index (κ2) is 17.1.